The molecule has 0 aliphatic carbocycles. The van der Waals surface area contributed by atoms with E-state index < -0.39 is 0 Å². The van der Waals surface area contributed by atoms with Crippen molar-refractivity contribution >= 4 is 0 Å². The van der Waals surface area contributed by atoms with Gasteiger partial charge in [0.05, 0.1) is 0 Å². The van der Waals surface area contributed by atoms with Crippen molar-refractivity contribution < 1.29 is 0 Å². The molecular weight excluding hydrogens is 208 g/mol. The first-order valence-corrected chi connectivity index (χ1v) is 7.19. The lowest BCUT2D eigenvalue weighted by Crippen LogP contribution is -2.47. The summed E-state index contributed by atoms with van der Waals surface area (Å²) in [7, 11) is 2.27. The molecule has 2 unspecified atom stereocenters. The van der Waals surface area contributed by atoms with Gasteiger partial charge in [0.2, 0.25) is 0 Å². The van der Waals surface area contributed by atoms with Crippen LogP contribution in [0.2, 0.25) is 0 Å². The molecule has 0 fully saturated rings. The second-order valence-electron chi connectivity index (χ2n) is 6.48. The maximum absolute atomic E-state index is 3.61. The van der Waals surface area contributed by atoms with Crippen molar-refractivity contribution in [2.24, 2.45) is 5.92 Å². The third-order valence-corrected chi connectivity index (χ3v) is 3.94. The van der Waals surface area contributed by atoms with Crippen molar-refractivity contribution in [3.05, 3.63) is 0 Å². The molecule has 2 atom stereocenters. The van der Waals surface area contributed by atoms with Crippen LogP contribution in [0.15, 0.2) is 0 Å². The molecule has 0 aliphatic heterocycles. The molecule has 0 radical (unpaired) electrons. The Kier molecular flexibility index (Phi) is 7.34. The Morgan fingerprint density at radius 1 is 1.06 bits per heavy atom. The molecule has 17 heavy (non-hydrogen) atoms. The van der Waals surface area contributed by atoms with Crippen molar-refractivity contribution in [2.75, 3.05) is 13.6 Å². The Morgan fingerprint density at radius 2 is 1.53 bits per heavy atom. The van der Waals surface area contributed by atoms with E-state index in [1.54, 1.807) is 0 Å². The predicted octanol–water partition coefficient (Wildman–Crippen LogP) is 3.52. The minimum atomic E-state index is 0.224. The van der Waals surface area contributed by atoms with Crippen LogP contribution < -0.4 is 5.32 Å². The van der Waals surface area contributed by atoms with E-state index in [0.717, 1.165) is 12.6 Å². The van der Waals surface area contributed by atoms with Crippen molar-refractivity contribution in [1.82, 2.24) is 10.2 Å². The topological polar surface area (TPSA) is 15.3 Å². The molecule has 0 rings (SSSR count). The number of hydrogen-bond donors (Lipinski definition) is 1. The van der Waals surface area contributed by atoms with E-state index in [1.165, 1.54) is 12.8 Å². The highest BCUT2D eigenvalue weighted by Gasteiger charge is 2.22. The van der Waals surface area contributed by atoms with Crippen LogP contribution in [0.3, 0.4) is 0 Å². The van der Waals surface area contributed by atoms with Gasteiger partial charge in [-0.2, -0.15) is 0 Å². The summed E-state index contributed by atoms with van der Waals surface area (Å²) in [5, 5.41) is 3.61. The fourth-order valence-electron chi connectivity index (χ4n) is 2.24. The van der Waals surface area contributed by atoms with Gasteiger partial charge in [-0.3, -0.25) is 0 Å². The lowest BCUT2D eigenvalue weighted by molar-refractivity contribution is 0.130. The molecule has 0 aromatic carbocycles. The van der Waals surface area contributed by atoms with Crippen LogP contribution in [0.25, 0.3) is 0 Å². The summed E-state index contributed by atoms with van der Waals surface area (Å²) in [5.74, 6) is 0.680. The molecule has 0 aromatic heterocycles. The molecule has 0 heterocycles. The average Bonchev–Trinajstić information content (AvgIpc) is 2.25. The Balaban J connectivity index is 4.24. The lowest BCUT2D eigenvalue weighted by Gasteiger charge is -2.36. The Bertz CT molecular complexity index is 192. The highest BCUT2D eigenvalue weighted by Crippen LogP contribution is 2.16. The van der Waals surface area contributed by atoms with Gasteiger partial charge in [-0.05, 0) is 60.0 Å². The van der Waals surface area contributed by atoms with E-state index in [4.69, 9.17) is 0 Å². The van der Waals surface area contributed by atoms with E-state index in [2.05, 4.69) is 65.7 Å². The third kappa shape index (κ3) is 6.42. The summed E-state index contributed by atoms with van der Waals surface area (Å²) >= 11 is 0. The third-order valence-electron chi connectivity index (χ3n) is 3.94. The van der Waals surface area contributed by atoms with Crippen molar-refractivity contribution in [1.29, 1.82) is 0 Å². The molecule has 0 aliphatic rings. The molecule has 0 bridgehead atoms. The monoisotopic (exact) mass is 242 g/mol. The summed E-state index contributed by atoms with van der Waals surface area (Å²) in [6.45, 7) is 17.1. The molecule has 104 valence electrons. The molecule has 0 spiro atoms. The standard InChI is InChI=1S/C15H34N2/c1-9-14(10-2)17(8)13(4)12(3)11-16-15(5,6)7/h12-14,16H,9-11H2,1-8H3. The van der Waals surface area contributed by atoms with Crippen LogP contribution in [0, 0.1) is 5.92 Å². The zero-order valence-corrected chi connectivity index (χ0v) is 13.3. The lowest BCUT2D eigenvalue weighted by atomic mass is 9.98. The minimum Gasteiger partial charge on any atom is -0.312 e. The maximum atomic E-state index is 3.61. The van der Waals surface area contributed by atoms with Crippen LogP contribution in [0.4, 0.5) is 0 Å². The summed E-state index contributed by atoms with van der Waals surface area (Å²) in [6.07, 6.45) is 2.49. The smallest absolute Gasteiger partial charge is 0.0105 e. The molecule has 0 amide bonds. The van der Waals surface area contributed by atoms with E-state index >= 15 is 0 Å². The number of nitrogens with one attached hydrogen (secondary N) is 1. The Labute approximate surface area is 109 Å². The van der Waals surface area contributed by atoms with Gasteiger partial charge in [-0.25, -0.2) is 0 Å². The van der Waals surface area contributed by atoms with Crippen LogP contribution in [0.1, 0.15) is 61.3 Å². The summed E-state index contributed by atoms with van der Waals surface area (Å²) in [4.78, 5) is 2.55. The van der Waals surface area contributed by atoms with E-state index in [0.29, 0.717) is 12.0 Å². The fraction of sp³-hybridized carbons (Fsp3) is 1.00. The highest BCUT2D eigenvalue weighted by atomic mass is 15.2. The van der Waals surface area contributed by atoms with Crippen LogP contribution >= 0.6 is 0 Å². The van der Waals surface area contributed by atoms with Crippen LogP contribution in [-0.4, -0.2) is 36.1 Å². The molecule has 0 saturated carbocycles. The zero-order valence-electron chi connectivity index (χ0n) is 13.3. The predicted molar refractivity (Wildman–Crippen MR) is 78.5 cm³/mol. The number of hydrogen-bond acceptors (Lipinski definition) is 2. The first kappa shape index (κ1) is 16.9. The first-order chi connectivity index (χ1) is 7.72. The average molecular weight is 242 g/mol. The van der Waals surface area contributed by atoms with Gasteiger partial charge in [-0.1, -0.05) is 20.8 Å². The zero-order chi connectivity index (χ0) is 13.6. The molecule has 2 nitrogen and oxygen atoms in total. The summed E-state index contributed by atoms with van der Waals surface area (Å²) < 4.78 is 0. The highest BCUT2D eigenvalue weighted by molar-refractivity contribution is 4.79. The van der Waals surface area contributed by atoms with E-state index in [1.807, 2.05) is 0 Å². The second-order valence-corrected chi connectivity index (χ2v) is 6.48. The summed E-state index contributed by atoms with van der Waals surface area (Å²) in [5.41, 5.74) is 0.224. The number of nitrogens with zero attached hydrogens (tertiary/aromatic N) is 1. The van der Waals surface area contributed by atoms with Gasteiger partial charge in [0.15, 0.2) is 0 Å². The molecular formula is C15H34N2. The first-order valence-electron chi connectivity index (χ1n) is 7.19. The van der Waals surface area contributed by atoms with Gasteiger partial charge in [-0.15, -0.1) is 0 Å². The van der Waals surface area contributed by atoms with Gasteiger partial charge in [0.1, 0.15) is 0 Å². The molecule has 0 aromatic rings. The second kappa shape index (κ2) is 7.38. The number of rotatable bonds is 7. The largest absolute Gasteiger partial charge is 0.312 e. The Morgan fingerprint density at radius 3 is 1.88 bits per heavy atom. The van der Waals surface area contributed by atoms with Crippen LogP contribution in [-0.2, 0) is 0 Å². The van der Waals surface area contributed by atoms with Gasteiger partial charge < -0.3 is 10.2 Å². The molecule has 2 heteroatoms. The minimum absolute atomic E-state index is 0.224. The quantitative estimate of drug-likeness (QED) is 0.735. The SMILES string of the molecule is CCC(CC)N(C)C(C)C(C)CNC(C)(C)C. The summed E-state index contributed by atoms with van der Waals surface area (Å²) in [6, 6.07) is 1.36. The van der Waals surface area contributed by atoms with E-state index in [-0.39, 0.29) is 5.54 Å². The Hall–Kier alpha value is -0.0800. The maximum Gasteiger partial charge on any atom is 0.0105 e. The van der Waals surface area contributed by atoms with Crippen molar-refractivity contribution in [2.45, 2.75) is 78.9 Å². The van der Waals surface area contributed by atoms with E-state index in [9.17, 15) is 0 Å². The van der Waals surface area contributed by atoms with Gasteiger partial charge >= 0.3 is 0 Å². The molecule has 0 saturated heterocycles. The molecule has 1 N–H and O–H groups in total. The fourth-order valence-corrected chi connectivity index (χ4v) is 2.24. The van der Waals surface area contributed by atoms with Crippen LogP contribution in [0.5, 0.6) is 0 Å². The van der Waals surface area contributed by atoms with Crippen molar-refractivity contribution in [3.63, 3.8) is 0 Å². The van der Waals surface area contributed by atoms with Gasteiger partial charge in [0.25, 0.3) is 0 Å². The van der Waals surface area contributed by atoms with Gasteiger partial charge in [0, 0.05) is 17.6 Å². The normalized spacial score (nSPS) is 16.6. The van der Waals surface area contributed by atoms with Crippen molar-refractivity contribution in [3.8, 4) is 0 Å².